The van der Waals surface area contributed by atoms with Crippen LogP contribution in [0.4, 0.5) is 5.69 Å². The smallest absolute Gasteiger partial charge is 0.347 e. The molecule has 1 heterocycles. The van der Waals surface area contributed by atoms with Crippen molar-refractivity contribution < 1.29 is 0 Å². The van der Waals surface area contributed by atoms with E-state index in [1.165, 1.54) is 16.3 Å². The minimum absolute atomic E-state index is 0.286. The minimum atomic E-state index is -0.286. The molecule has 4 nitrogen and oxygen atoms in total. The third kappa shape index (κ3) is 3.11. The van der Waals surface area contributed by atoms with Crippen molar-refractivity contribution in [1.29, 1.82) is 0 Å². The van der Waals surface area contributed by atoms with Crippen LogP contribution < -0.4 is 11.0 Å². The number of halogens is 1. The van der Waals surface area contributed by atoms with Crippen molar-refractivity contribution in [3.8, 4) is 0 Å². The number of benzene rings is 1. The first-order valence-corrected chi connectivity index (χ1v) is 6.06. The Kier molecular flexibility index (Phi) is 3.99. The average molecular weight is 264 g/mol. The summed E-state index contributed by atoms with van der Waals surface area (Å²) in [5.41, 5.74) is 1.96. The molecule has 5 heteroatoms. The molecule has 0 radical (unpaired) electrons. The summed E-state index contributed by atoms with van der Waals surface area (Å²) in [5.74, 6) is 0. The van der Waals surface area contributed by atoms with Crippen molar-refractivity contribution in [1.82, 2.24) is 9.55 Å². The molecule has 0 aliphatic rings. The number of nitrogens with one attached hydrogen (secondary N) is 1. The first kappa shape index (κ1) is 12.6. The fourth-order valence-electron chi connectivity index (χ4n) is 1.67. The summed E-state index contributed by atoms with van der Waals surface area (Å²) in [6.07, 6.45) is 2.95. The molecule has 0 fully saturated rings. The summed E-state index contributed by atoms with van der Waals surface area (Å²) in [5, 5.41) is 3.74. The summed E-state index contributed by atoms with van der Waals surface area (Å²) in [6, 6.07) is 8.01. The number of aryl methyl sites for hydroxylation is 1. The van der Waals surface area contributed by atoms with Crippen LogP contribution >= 0.6 is 11.6 Å². The highest BCUT2D eigenvalue weighted by molar-refractivity contribution is 6.30. The molecule has 0 saturated heterocycles. The SMILES string of the molecule is Cc1ccccc1NCCn1cc(Cl)cnc1=O. The van der Waals surface area contributed by atoms with E-state index in [-0.39, 0.29) is 5.69 Å². The average Bonchev–Trinajstić information content (AvgIpc) is 2.36. The molecule has 0 bridgehead atoms. The van der Waals surface area contributed by atoms with Crippen molar-refractivity contribution >= 4 is 17.3 Å². The molecule has 0 aliphatic heterocycles. The summed E-state index contributed by atoms with van der Waals surface area (Å²) in [6.45, 7) is 3.21. The lowest BCUT2D eigenvalue weighted by atomic mass is 10.2. The molecule has 0 unspecified atom stereocenters. The van der Waals surface area contributed by atoms with Crippen LogP contribution in [0.2, 0.25) is 5.02 Å². The van der Waals surface area contributed by atoms with Gasteiger partial charge in [0.15, 0.2) is 0 Å². The third-order valence-corrected chi connectivity index (χ3v) is 2.83. The molecule has 0 aliphatic carbocycles. The Balaban J connectivity index is 1.99. The first-order chi connectivity index (χ1) is 8.66. The predicted molar refractivity (Wildman–Crippen MR) is 73.2 cm³/mol. The highest BCUT2D eigenvalue weighted by atomic mass is 35.5. The van der Waals surface area contributed by atoms with E-state index < -0.39 is 0 Å². The van der Waals surface area contributed by atoms with Crippen LogP contribution in [0, 0.1) is 6.92 Å². The predicted octanol–water partition coefficient (Wildman–Crippen LogP) is 2.32. The molecule has 1 aromatic carbocycles. The van der Waals surface area contributed by atoms with Crippen molar-refractivity contribution in [3.63, 3.8) is 0 Å². The van der Waals surface area contributed by atoms with Crippen LogP contribution in [0.1, 0.15) is 5.56 Å². The Morgan fingerprint density at radius 1 is 1.39 bits per heavy atom. The van der Waals surface area contributed by atoms with E-state index in [2.05, 4.69) is 10.3 Å². The molecule has 0 atom stereocenters. The molecule has 2 aromatic rings. The Morgan fingerprint density at radius 2 is 2.17 bits per heavy atom. The Morgan fingerprint density at radius 3 is 2.94 bits per heavy atom. The second-order valence-corrected chi connectivity index (χ2v) is 4.43. The van der Waals surface area contributed by atoms with E-state index >= 15 is 0 Å². The van der Waals surface area contributed by atoms with E-state index in [0.29, 0.717) is 18.1 Å². The fraction of sp³-hybridized carbons (Fsp3) is 0.231. The zero-order chi connectivity index (χ0) is 13.0. The van der Waals surface area contributed by atoms with E-state index in [1.54, 1.807) is 6.20 Å². The van der Waals surface area contributed by atoms with Gasteiger partial charge in [0.2, 0.25) is 0 Å². The highest BCUT2D eigenvalue weighted by Gasteiger charge is 1.99. The van der Waals surface area contributed by atoms with Crippen LogP contribution in [-0.4, -0.2) is 16.1 Å². The summed E-state index contributed by atoms with van der Waals surface area (Å²) >= 11 is 5.80. The molecule has 0 spiro atoms. The molecule has 0 saturated carbocycles. The number of para-hydroxylation sites is 1. The zero-order valence-electron chi connectivity index (χ0n) is 10.1. The van der Waals surface area contributed by atoms with Gasteiger partial charge in [0.05, 0.1) is 11.2 Å². The number of hydrogen-bond donors (Lipinski definition) is 1. The molecule has 18 heavy (non-hydrogen) atoms. The van der Waals surface area contributed by atoms with Gasteiger partial charge in [0.25, 0.3) is 0 Å². The van der Waals surface area contributed by atoms with Gasteiger partial charge >= 0.3 is 5.69 Å². The first-order valence-electron chi connectivity index (χ1n) is 5.68. The Hall–Kier alpha value is -1.81. The lowest BCUT2D eigenvalue weighted by Gasteiger charge is -2.10. The van der Waals surface area contributed by atoms with Crippen LogP contribution in [0.5, 0.6) is 0 Å². The minimum Gasteiger partial charge on any atom is -0.383 e. The molecular formula is C13H14ClN3O. The second-order valence-electron chi connectivity index (χ2n) is 3.99. The zero-order valence-corrected chi connectivity index (χ0v) is 10.8. The number of hydrogen-bond acceptors (Lipinski definition) is 3. The van der Waals surface area contributed by atoms with Crippen LogP contribution in [0.3, 0.4) is 0 Å². The van der Waals surface area contributed by atoms with Gasteiger partial charge in [-0.3, -0.25) is 4.57 Å². The monoisotopic (exact) mass is 263 g/mol. The summed E-state index contributed by atoms with van der Waals surface area (Å²) < 4.78 is 1.49. The van der Waals surface area contributed by atoms with Gasteiger partial charge in [-0.15, -0.1) is 0 Å². The maximum absolute atomic E-state index is 11.4. The van der Waals surface area contributed by atoms with Gasteiger partial charge in [-0.1, -0.05) is 29.8 Å². The molecule has 1 aromatic heterocycles. The standard InChI is InChI=1S/C13H14ClN3O/c1-10-4-2-3-5-12(10)15-6-7-17-9-11(14)8-16-13(17)18/h2-5,8-9,15H,6-7H2,1H3. The lowest BCUT2D eigenvalue weighted by Crippen LogP contribution is -2.25. The summed E-state index contributed by atoms with van der Waals surface area (Å²) in [7, 11) is 0. The summed E-state index contributed by atoms with van der Waals surface area (Å²) in [4.78, 5) is 15.1. The van der Waals surface area contributed by atoms with Crippen molar-refractivity contribution in [3.05, 3.63) is 57.7 Å². The van der Waals surface area contributed by atoms with Crippen molar-refractivity contribution in [2.75, 3.05) is 11.9 Å². The molecule has 1 N–H and O–H groups in total. The Bertz CT molecular complexity index is 595. The molecule has 2 rings (SSSR count). The fourth-order valence-corrected chi connectivity index (χ4v) is 1.84. The topological polar surface area (TPSA) is 46.9 Å². The number of rotatable bonds is 4. The number of anilines is 1. The normalized spacial score (nSPS) is 10.3. The second kappa shape index (κ2) is 5.69. The van der Waals surface area contributed by atoms with E-state index in [0.717, 1.165) is 5.69 Å². The lowest BCUT2D eigenvalue weighted by molar-refractivity contribution is 0.674. The highest BCUT2D eigenvalue weighted by Crippen LogP contribution is 2.12. The van der Waals surface area contributed by atoms with E-state index in [4.69, 9.17) is 11.6 Å². The van der Waals surface area contributed by atoms with Crippen molar-refractivity contribution in [2.45, 2.75) is 13.5 Å². The van der Waals surface area contributed by atoms with Gasteiger partial charge < -0.3 is 5.32 Å². The van der Waals surface area contributed by atoms with Gasteiger partial charge in [-0.25, -0.2) is 9.78 Å². The quantitative estimate of drug-likeness (QED) is 0.921. The van der Waals surface area contributed by atoms with Gasteiger partial charge in [0.1, 0.15) is 0 Å². The maximum atomic E-state index is 11.4. The van der Waals surface area contributed by atoms with Crippen LogP contribution in [0.25, 0.3) is 0 Å². The number of nitrogens with zero attached hydrogens (tertiary/aromatic N) is 2. The number of aromatic nitrogens is 2. The molecular weight excluding hydrogens is 250 g/mol. The van der Waals surface area contributed by atoms with Crippen LogP contribution in [-0.2, 0) is 6.54 Å². The van der Waals surface area contributed by atoms with Gasteiger partial charge in [-0.05, 0) is 18.6 Å². The van der Waals surface area contributed by atoms with Crippen molar-refractivity contribution in [2.24, 2.45) is 0 Å². The maximum Gasteiger partial charge on any atom is 0.347 e. The van der Waals surface area contributed by atoms with Crippen LogP contribution in [0.15, 0.2) is 41.5 Å². The largest absolute Gasteiger partial charge is 0.383 e. The molecule has 0 amide bonds. The third-order valence-electron chi connectivity index (χ3n) is 2.64. The Labute approximate surface area is 110 Å². The van der Waals surface area contributed by atoms with Gasteiger partial charge in [0, 0.05) is 25.0 Å². The molecule has 94 valence electrons. The van der Waals surface area contributed by atoms with E-state index in [1.807, 2.05) is 31.2 Å². The van der Waals surface area contributed by atoms with Gasteiger partial charge in [-0.2, -0.15) is 0 Å². The van der Waals surface area contributed by atoms with E-state index in [9.17, 15) is 4.79 Å².